The second-order valence-corrected chi connectivity index (χ2v) is 7.96. The number of fused-ring (bicyclic) bond motifs is 1. The van der Waals surface area contributed by atoms with Crippen LogP contribution in [0, 0.1) is 0 Å². The molecule has 0 unspecified atom stereocenters. The Bertz CT molecular complexity index is 1010. The topological polar surface area (TPSA) is 49.4 Å². The number of amides is 2. The van der Waals surface area contributed by atoms with Gasteiger partial charge in [-0.2, -0.15) is 0 Å². The average Bonchev–Trinajstić information content (AvgIpc) is 3.20. The molecule has 3 aromatic rings. The van der Waals surface area contributed by atoms with Crippen LogP contribution < -0.4 is 10.2 Å². The van der Waals surface area contributed by atoms with Crippen molar-refractivity contribution in [2.75, 3.05) is 17.2 Å². The summed E-state index contributed by atoms with van der Waals surface area (Å²) in [5, 5.41) is 2.98. The lowest BCUT2D eigenvalue weighted by Crippen LogP contribution is -2.28. The van der Waals surface area contributed by atoms with Crippen LogP contribution in [0.25, 0.3) is 0 Å². The minimum absolute atomic E-state index is 0.0141. The third-order valence-electron chi connectivity index (χ3n) is 4.91. The number of rotatable bonds is 6. The van der Waals surface area contributed by atoms with E-state index in [0.717, 1.165) is 28.1 Å². The number of nitrogens with zero attached hydrogens (tertiary/aromatic N) is 1. The highest BCUT2D eigenvalue weighted by Gasteiger charge is 2.25. The van der Waals surface area contributed by atoms with Gasteiger partial charge in [-0.15, -0.1) is 11.8 Å². The number of thioether (sulfide) groups is 1. The van der Waals surface area contributed by atoms with E-state index in [-0.39, 0.29) is 11.8 Å². The second-order valence-electron chi connectivity index (χ2n) is 6.91. The van der Waals surface area contributed by atoms with Gasteiger partial charge in [0.05, 0.1) is 5.75 Å². The Hall–Kier alpha value is -3.05. The molecule has 1 aliphatic heterocycles. The third kappa shape index (κ3) is 4.69. The highest BCUT2D eigenvalue weighted by atomic mass is 32.2. The first kappa shape index (κ1) is 19.3. The maximum Gasteiger partial charge on any atom is 0.258 e. The fourth-order valence-electron chi connectivity index (χ4n) is 3.43. The van der Waals surface area contributed by atoms with Crippen LogP contribution in [0.4, 0.5) is 5.69 Å². The van der Waals surface area contributed by atoms with Crippen LogP contribution in [0.15, 0.2) is 83.8 Å². The SMILES string of the molecule is O=C(CSc1ccccc1)NCc1ccc2c(c1)CCN2C(=O)c1ccccc1. The molecule has 0 saturated heterocycles. The molecule has 0 aliphatic carbocycles. The normalized spacial score (nSPS) is 12.5. The first-order valence-corrected chi connectivity index (χ1v) is 10.6. The largest absolute Gasteiger partial charge is 0.351 e. The summed E-state index contributed by atoms with van der Waals surface area (Å²) in [6, 6.07) is 25.3. The Morgan fingerprint density at radius 3 is 2.41 bits per heavy atom. The molecule has 4 rings (SSSR count). The first-order valence-electron chi connectivity index (χ1n) is 9.64. The van der Waals surface area contributed by atoms with Gasteiger partial charge in [-0.1, -0.05) is 48.5 Å². The van der Waals surface area contributed by atoms with E-state index in [1.54, 1.807) is 0 Å². The highest BCUT2D eigenvalue weighted by Crippen LogP contribution is 2.30. The van der Waals surface area contributed by atoms with Crippen LogP contribution in [0.2, 0.25) is 0 Å². The van der Waals surface area contributed by atoms with E-state index in [4.69, 9.17) is 0 Å². The van der Waals surface area contributed by atoms with Crippen molar-refractivity contribution < 1.29 is 9.59 Å². The monoisotopic (exact) mass is 402 g/mol. The number of anilines is 1. The van der Waals surface area contributed by atoms with Crippen molar-refractivity contribution in [1.82, 2.24) is 5.32 Å². The predicted molar refractivity (Wildman–Crippen MR) is 117 cm³/mol. The predicted octanol–water partition coefficient (Wildman–Crippen LogP) is 4.30. The second kappa shape index (κ2) is 8.97. The summed E-state index contributed by atoms with van der Waals surface area (Å²) in [7, 11) is 0. The van der Waals surface area contributed by atoms with Gasteiger partial charge in [0.1, 0.15) is 0 Å². The number of carbonyl (C=O) groups excluding carboxylic acids is 2. The van der Waals surface area contributed by atoms with Gasteiger partial charge in [0, 0.05) is 29.2 Å². The zero-order chi connectivity index (χ0) is 20.1. The lowest BCUT2D eigenvalue weighted by molar-refractivity contribution is -0.118. The molecular formula is C24H22N2O2S. The van der Waals surface area contributed by atoms with Crippen LogP contribution in [-0.2, 0) is 17.8 Å². The summed E-state index contributed by atoms with van der Waals surface area (Å²) in [6.07, 6.45) is 0.833. The van der Waals surface area contributed by atoms with Crippen molar-refractivity contribution in [3.63, 3.8) is 0 Å². The number of carbonyl (C=O) groups is 2. The molecule has 1 aliphatic rings. The Morgan fingerprint density at radius 2 is 1.66 bits per heavy atom. The Kier molecular flexibility index (Phi) is 5.96. The lowest BCUT2D eigenvalue weighted by atomic mass is 10.1. The molecule has 29 heavy (non-hydrogen) atoms. The zero-order valence-corrected chi connectivity index (χ0v) is 16.8. The Labute approximate surface area is 174 Å². The standard InChI is InChI=1S/C24H22N2O2S/c27-23(17-29-21-9-5-2-6-10-21)25-16-18-11-12-22-20(15-18)13-14-26(22)24(28)19-7-3-1-4-8-19/h1-12,15H,13-14,16-17H2,(H,25,27). The van der Waals surface area contributed by atoms with Gasteiger partial charge in [-0.25, -0.2) is 0 Å². The van der Waals surface area contributed by atoms with Gasteiger partial charge in [-0.05, 0) is 47.9 Å². The van der Waals surface area contributed by atoms with Crippen molar-refractivity contribution >= 4 is 29.3 Å². The van der Waals surface area contributed by atoms with Gasteiger partial charge in [0.2, 0.25) is 5.91 Å². The molecule has 0 saturated carbocycles. The summed E-state index contributed by atoms with van der Waals surface area (Å²) in [5.74, 6) is 0.442. The summed E-state index contributed by atoms with van der Waals surface area (Å²) in [5.41, 5.74) is 3.87. The lowest BCUT2D eigenvalue weighted by Gasteiger charge is -2.17. The van der Waals surface area contributed by atoms with E-state index in [0.29, 0.717) is 24.4 Å². The molecule has 2 amide bonds. The van der Waals surface area contributed by atoms with Crippen LogP contribution >= 0.6 is 11.8 Å². The van der Waals surface area contributed by atoms with Crippen molar-refractivity contribution in [3.8, 4) is 0 Å². The molecule has 5 heteroatoms. The van der Waals surface area contributed by atoms with E-state index in [1.165, 1.54) is 11.8 Å². The zero-order valence-electron chi connectivity index (χ0n) is 16.0. The van der Waals surface area contributed by atoms with E-state index in [9.17, 15) is 9.59 Å². The number of nitrogens with one attached hydrogen (secondary N) is 1. The Morgan fingerprint density at radius 1 is 0.931 bits per heavy atom. The van der Waals surface area contributed by atoms with Crippen molar-refractivity contribution in [2.24, 2.45) is 0 Å². The number of benzene rings is 3. The van der Waals surface area contributed by atoms with Gasteiger partial charge in [0.15, 0.2) is 0 Å². The van der Waals surface area contributed by atoms with Crippen LogP contribution in [0.5, 0.6) is 0 Å². The van der Waals surface area contributed by atoms with Gasteiger partial charge in [-0.3, -0.25) is 9.59 Å². The molecule has 4 nitrogen and oxygen atoms in total. The van der Waals surface area contributed by atoms with Gasteiger partial charge < -0.3 is 10.2 Å². The summed E-state index contributed by atoms with van der Waals surface area (Å²) in [6.45, 7) is 1.18. The fourth-order valence-corrected chi connectivity index (χ4v) is 4.18. The molecule has 1 heterocycles. The quantitative estimate of drug-likeness (QED) is 0.626. The Balaban J connectivity index is 1.34. The molecule has 0 fully saturated rings. The van der Waals surface area contributed by atoms with Crippen molar-refractivity contribution in [3.05, 3.63) is 95.6 Å². The van der Waals surface area contributed by atoms with Crippen molar-refractivity contribution in [2.45, 2.75) is 17.9 Å². The van der Waals surface area contributed by atoms with E-state index in [2.05, 4.69) is 11.4 Å². The molecule has 1 N–H and O–H groups in total. The van der Waals surface area contributed by atoms with Crippen LogP contribution in [0.1, 0.15) is 21.5 Å². The van der Waals surface area contributed by atoms with E-state index < -0.39 is 0 Å². The highest BCUT2D eigenvalue weighted by molar-refractivity contribution is 8.00. The molecule has 0 spiro atoms. The molecule has 3 aromatic carbocycles. The smallest absolute Gasteiger partial charge is 0.258 e. The molecular weight excluding hydrogens is 380 g/mol. The molecule has 146 valence electrons. The average molecular weight is 403 g/mol. The van der Waals surface area contributed by atoms with Gasteiger partial charge in [0.25, 0.3) is 5.91 Å². The summed E-state index contributed by atoms with van der Waals surface area (Å²) in [4.78, 5) is 27.8. The maximum atomic E-state index is 12.8. The first-order chi connectivity index (χ1) is 14.2. The van der Waals surface area contributed by atoms with E-state index in [1.807, 2.05) is 77.7 Å². The summed E-state index contributed by atoms with van der Waals surface area (Å²) >= 11 is 1.53. The molecule has 0 bridgehead atoms. The minimum atomic E-state index is 0.0141. The minimum Gasteiger partial charge on any atom is -0.351 e. The third-order valence-corrected chi connectivity index (χ3v) is 5.92. The maximum absolute atomic E-state index is 12.8. The van der Waals surface area contributed by atoms with Crippen molar-refractivity contribution in [1.29, 1.82) is 0 Å². The van der Waals surface area contributed by atoms with E-state index >= 15 is 0 Å². The summed E-state index contributed by atoms with van der Waals surface area (Å²) < 4.78 is 0. The fraction of sp³-hybridized carbons (Fsp3) is 0.167. The van der Waals surface area contributed by atoms with Gasteiger partial charge >= 0.3 is 0 Å². The van der Waals surface area contributed by atoms with Crippen LogP contribution in [-0.4, -0.2) is 24.1 Å². The molecule has 0 atom stereocenters. The number of hydrogen-bond donors (Lipinski definition) is 1. The molecule has 0 radical (unpaired) electrons. The number of hydrogen-bond acceptors (Lipinski definition) is 3. The van der Waals surface area contributed by atoms with Crippen LogP contribution in [0.3, 0.4) is 0 Å². The molecule has 0 aromatic heterocycles.